The van der Waals surface area contributed by atoms with Crippen LogP contribution in [-0.4, -0.2) is 34.1 Å². The Kier molecular flexibility index (Phi) is 3.53. The van der Waals surface area contributed by atoms with Crippen molar-refractivity contribution in [3.05, 3.63) is 28.2 Å². The van der Waals surface area contributed by atoms with Crippen molar-refractivity contribution in [3.63, 3.8) is 0 Å². The fourth-order valence-corrected chi connectivity index (χ4v) is 1.87. The number of aromatic carboxylic acids is 1. The van der Waals surface area contributed by atoms with Crippen LogP contribution in [0.4, 0.5) is 0 Å². The highest BCUT2D eigenvalue weighted by Gasteiger charge is 2.16. The van der Waals surface area contributed by atoms with E-state index in [-0.39, 0.29) is 11.3 Å². The maximum absolute atomic E-state index is 11.5. The molecule has 1 N–H and O–H groups in total. The van der Waals surface area contributed by atoms with Crippen LogP contribution in [0.3, 0.4) is 0 Å². The SMILES string of the molecule is O=C(O)c1ccc(=O)n(CC2CCOCC2)n1. The lowest BCUT2D eigenvalue weighted by molar-refractivity contribution is 0.0589. The van der Waals surface area contributed by atoms with Gasteiger partial charge in [-0.2, -0.15) is 5.10 Å². The van der Waals surface area contributed by atoms with Crippen LogP contribution in [0.1, 0.15) is 23.3 Å². The van der Waals surface area contributed by atoms with Crippen molar-refractivity contribution in [2.24, 2.45) is 5.92 Å². The highest BCUT2D eigenvalue weighted by molar-refractivity contribution is 5.84. The predicted octanol–water partition coefficient (Wildman–Crippen LogP) is 0.368. The van der Waals surface area contributed by atoms with Crippen LogP contribution in [0.5, 0.6) is 0 Å². The third-order valence-corrected chi connectivity index (χ3v) is 2.86. The van der Waals surface area contributed by atoms with E-state index in [4.69, 9.17) is 9.84 Å². The summed E-state index contributed by atoms with van der Waals surface area (Å²) in [6, 6.07) is 2.47. The second kappa shape index (κ2) is 5.09. The largest absolute Gasteiger partial charge is 0.476 e. The first kappa shape index (κ1) is 11.8. The summed E-state index contributed by atoms with van der Waals surface area (Å²) >= 11 is 0. The number of aromatic nitrogens is 2. The molecule has 6 heteroatoms. The van der Waals surface area contributed by atoms with Gasteiger partial charge in [0.2, 0.25) is 0 Å². The molecule has 6 nitrogen and oxygen atoms in total. The summed E-state index contributed by atoms with van der Waals surface area (Å²) in [7, 11) is 0. The second-order valence-electron chi connectivity index (χ2n) is 4.10. The van der Waals surface area contributed by atoms with Crippen LogP contribution in [-0.2, 0) is 11.3 Å². The van der Waals surface area contributed by atoms with E-state index in [0.717, 1.165) is 12.8 Å². The van der Waals surface area contributed by atoms with Crippen LogP contribution >= 0.6 is 0 Å². The first-order valence-corrected chi connectivity index (χ1v) is 5.56. The van der Waals surface area contributed by atoms with Crippen molar-refractivity contribution < 1.29 is 14.6 Å². The summed E-state index contributed by atoms with van der Waals surface area (Å²) in [4.78, 5) is 22.3. The number of hydrogen-bond acceptors (Lipinski definition) is 4. The number of ether oxygens (including phenoxy) is 1. The summed E-state index contributed by atoms with van der Waals surface area (Å²) < 4.78 is 6.46. The summed E-state index contributed by atoms with van der Waals surface area (Å²) in [5, 5.41) is 12.6. The van der Waals surface area contributed by atoms with Crippen LogP contribution in [0, 0.1) is 5.92 Å². The summed E-state index contributed by atoms with van der Waals surface area (Å²) in [5.74, 6) is -0.788. The number of hydrogen-bond donors (Lipinski definition) is 1. The van der Waals surface area contributed by atoms with Crippen molar-refractivity contribution in [2.45, 2.75) is 19.4 Å². The maximum atomic E-state index is 11.5. The quantitative estimate of drug-likeness (QED) is 0.822. The minimum absolute atomic E-state index is 0.100. The zero-order valence-electron chi connectivity index (χ0n) is 9.33. The molecular formula is C11H14N2O4. The number of carboxylic acid groups (broad SMARTS) is 1. The van der Waals surface area contributed by atoms with Crippen molar-refractivity contribution in [3.8, 4) is 0 Å². The number of rotatable bonds is 3. The molecule has 1 aromatic rings. The van der Waals surface area contributed by atoms with Crippen LogP contribution < -0.4 is 5.56 Å². The first-order chi connectivity index (χ1) is 8.16. The fraction of sp³-hybridized carbons (Fsp3) is 0.545. The van der Waals surface area contributed by atoms with Gasteiger partial charge in [0.1, 0.15) is 0 Å². The molecule has 0 amide bonds. The fourth-order valence-electron chi connectivity index (χ4n) is 1.87. The molecule has 1 aliphatic heterocycles. The van der Waals surface area contributed by atoms with Gasteiger partial charge < -0.3 is 9.84 Å². The monoisotopic (exact) mass is 238 g/mol. The molecule has 92 valence electrons. The van der Waals surface area contributed by atoms with Gasteiger partial charge in [-0.1, -0.05) is 0 Å². The van der Waals surface area contributed by atoms with Gasteiger partial charge in [-0.25, -0.2) is 9.48 Å². The Morgan fingerprint density at radius 1 is 1.47 bits per heavy atom. The molecular weight excluding hydrogens is 224 g/mol. The lowest BCUT2D eigenvalue weighted by atomic mass is 10.0. The molecule has 1 aliphatic rings. The zero-order chi connectivity index (χ0) is 12.3. The Bertz CT molecular complexity index is 463. The van der Waals surface area contributed by atoms with Crippen molar-refractivity contribution in [2.75, 3.05) is 13.2 Å². The van der Waals surface area contributed by atoms with E-state index >= 15 is 0 Å². The topological polar surface area (TPSA) is 81.4 Å². The Balaban J connectivity index is 2.16. The Labute approximate surface area is 97.8 Å². The lowest BCUT2D eigenvalue weighted by Crippen LogP contribution is -2.30. The van der Waals surface area contributed by atoms with E-state index in [1.54, 1.807) is 0 Å². The number of carboxylic acids is 1. The third-order valence-electron chi connectivity index (χ3n) is 2.86. The number of carbonyl (C=O) groups is 1. The smallest absolute Gasteiger partial charge is 0.356 e. The Morgan fingerprint density at radius 3 is 2.82 bits per heavy atom. The molecule has 1 fully saturated rings. The molecule has 1 saturated heterocycles. The molecule has 0 radical (unpaired) electrons. The van der Waals surface area contributed by atoms with E-state index in [1.165, 1.54) is 16.8 Å². The summed E-state index contributed by atoms with van der Waals surface area (Å²) in [5.41, 5.74) is -0.363. The molecule has 0 saturated carbocycles. The van der Waals surface area contributed by atoms with Gasteiger partial charge in [0.25, 0.3) is 5.56 Å². The normalized spacial score (nSPS) is 16.9. The molecule has 0 atom stereocenters. The van der Waals surface area contributed by atoms with E-state index in [2.05, 4.69) is 5.10 Å². The Morgan fingerprint density at radius 2 is 2.18 bits per heavy atom. The van der Waals surface area contributed by atoms with Crippen LogP contribution in [0.15, 0.2) is 16.9 Å². The summed E-state index contributed by atoms with van der Waals surface area (Å²) in [6.07, 6.45) is 1.76. The average molecular weight is 238 g/mol. The molecule has 2 heterocycles. The van der Waals surface area contributed by atoms with E-state index < -0.39 is 5.97 Å². The van der Waals surface area contributed by atoms with Gasteiger partial charge in [0, 0.05) is 25.8 Å². The van der Waals surface area contributed by atoms with Crippen LogP contribution in [0.25, 0.3) is 0 Å². The van der Waals surface area contributed by atoms with E-state index in [9.17, 15) is 9.59 Å². The zero-order valence-corrected chi connectivity index (χ0v) is 9.33. The minimum Gasteiger partial charge on any atom is -0.476 e. The highest BCUT2D eigenvalue weighted by atomic mass is 16.5. The van der Waals surface area contributed by atoms with Crippen molar-refractivity contribution >= 4 is 5.97 Å². The predicted molar refractivity (Wildman–Crippen MR) is 59.0 cm³/mol. The lowest BCUT2D eigenvalue weighted by Gasteiger charge is -2.22. The average Bonchev–Trinajstić information content (AvgIpc) is 2.33. The van der Waals surface area contributed by atoms with Gasteiger partial charge in [0.15, 0.2) is 5.69 Å². The molecule has 1 aromatic heterocycles. The van der Waals surface area contributed by atoms with Crippen molar-refractivity contribution in [1.29, 1.82) is 0 Å². The van der Waals surface area contributed by atoms with Gasteiger partial charge in [-0.3, -0.25) is 4.79 Å². The number of nitrogens with zero attached hydrogens (tertiary/aromatic N) is 2. The van der Waals surface area contributed by atoms with Gasteiger partial charge in [-0.15, -0.1) is 0 Å². The molecule has 0 aliphatic carbocycles. The van der Waals surface area contributed by atoms with E-state index in [0.29, 0.717) is 25.7 Å². The molecule has 17 heavy (non-hydrogen) atoms. The van der Waals surface area contributed by atoms with Gasteiger partial charge in [0.05, 0.1) is 0 Å². The standard InChI is InChI=1S/C11H14N2O4/c14-10-2-1-9(11(15)16)12-13(10)7-8-3-5-17-6-4-8/h1-2,8H,3-7H2,(H,15,16). The Hall–Kier alpha value is -1.69. The van der Waals surface area contributed by atoms with Crippen LogP contribution in [0.2, 0.25) is 0 Å². The van der Waals surface area contributed by atoms with Gasteiger partial charge in [-0.05, 0) is 24.8 Å². The molecule has 0 unspecified atom stereocenters. The maximum Gasteiger partial charge on any atom is 0.356 e. The molecule has 2 rings (SSSR count). The third kappa shape index (κ3) is 2.91. The van der Waals surface area contributed by atoms with E-state index in [1.807, 2.05) is 0 Å². The van der Waals surface area contributed by atoms with Gasteiger partial charge >= 0.3 is 5.97 Å². The highest BCUT2D eigenvalue weighted by Crippen LogP contribution is 2.15. The second-order valence-corrected chi connectivity index (χ2v) is 4.10. The molecule has 0 bridgehead atoms. The summed E-state index contributed by atoms with van der Waals surface area (Å²) in [6.45, 7) is 1.85. The first-order valence-electron chi connectivity index (χ1n) is 5.56. The van der Waals surface area contributed by atoms with Crippen molar-refractivity contribution in [1.82, 2.24) is 9.78 Å². The minimum atomic E-state index is -1.12. The molecule has 0 aromatic carbocycles. The molecule has 0 spiro atoms.